The molecule has 0 bridgehead atoms. The molecule has 31 heavy (non-hydrogen) atoms. The summed E-state index contributed by atoms with van der Waals surface area (Å²) in [5.74, 6) is 1.65. The van der Waals surface area contributed by atoms with Gasteiger partial charge in [-0.25, -0.2) is 9.37 Å². The lowest BCUT2D eigenvalue weighted by Gasteiger charge is -2.35. The van der Waals surface area contributed by atoms with Gasteiger partial charge in [0.15, 0.2) is 11.5 Å². The van der Waals surface area contributed by atoms with Crippen LogP contribution in [-0.2, 0) is 4.79 Å². The highest BCUT2D eigenvalue weighted by molar-refractivity contribution is 5.92. The number of imidazole rings is 1. The van der Waals surface area contributed by atoms with Gasteiger partial charge < -0.3 is 19.7 Å². The molecule has 8 nitrogen and oxygen atoms in total. The molecule has 3 aromatic rings. The summed E-state index contributed by atoms with van der Waals surface area (Å²) in [5, 5.41) is 2.91. The maximum atomic E-state index is 14.2. The molecule has 0 unspecified atom stereocenters. The van der Waals surface area contributed by atoms with Gasteiger partial charge >= 0.3 is 0 Å². The van der Waals surface area contributed by atoms with Gasteiger partial charge in [0.2, 0.25) is 18.6 Å². The maximum absolute atomic E-state index is 14.2. The molecule has 1 fully saturated rings. The van der Waals surface area contributed by atoms with E-state index in [0.717, 1.165) is 0 Å². The van der Waals surface area contributed by atoms with E-state index >= 15 is 0 Å². The molecule has 2 aliphatic rings. The Morgan fingerprint density at radius 3 is 2.71 bits per heavy atom. The van der Waals surface area contributed by atoms with Crippen molar-refractivity contribution in [1.82, 2.24) is 14.5 Å². The van der Waals surface area contributed by atoms with Gasteiger partial charge in [0, 0.05) is 50.3 Å². The SMILES string of the molecule is O=C(CN1CCN(c2nccn2-c2ccccc2F)CC1)Nc1ccc2c(c1)OCO2. The number of amides is 1. The van der Waals surface area contributed by atoms with Crippen molar-refractivity contribution in [2.75, 3.05) is 49.7 Å². The van der Waals surface area contributed by atoms with E-state index in [0.29, 0.717) is 61.5 Å². The zero-order valence-electron chi connectivity index (χ0n) is 16.8. The highest BCUT2D eigenvalue weighted by Crippen LogP contribution is 2.34. The van der Waals surface area contributed by atoms with Gasteiger partial charge in [-0.3, -0.25) is 14.3 Å². The average molecular weight is 423 g/mol. The number of nitrogens with zero attached hydrogens (tertiary/aromatic N) is 4. The molecule has 0 aliphatic carbocycles. The van der Waals surface area contributed by atoms with Crippen LogP contribution in [0.3, 0.4) is 0 Å². The predicted octanol–water partition coefficient (Wildman–Crippen LogP) is 2.50. The molecule has 1 amide bonds. The van der Waals surface area contributed by atoms with Crippen LogP contribution in [0, 0.1) is 5.82 Å². The maximum Gasteiger partial charge on any atom is 0.238 e. The highest BCUT2D eigenvalue weighted by Gasteiger charge is 2.23. The molecule has 5 rings (SSSR count). The molecule has 2 aromatic carbocycles. The van der Waals surface area contributed by atoms with Crippen LogP contribution < -0.4 is 19.7 Å². The normalized spacial score (nSPS) is 15.8. The third kappa shape index (κ3) is 4.04. The fourth-order valence-corrected chi connectivity index (χ4v) is 3.85. The third-order valence-electron chi connectivity index (χ3n) is 5.41. The molecule has 0 spiro atoms. The minimum absolute atomic E-state index is 0.0832. The van der Waals surface area contributed by atoms with Crippen molar-refractivity contribution in [2.24, 2.45) is 0 Å². The summed E-state index contributed by atoms with van der Waals surface area (Å²) in [6.45, 7) is 3.30. The number of rotatable bonds is 5. The summed E-state index contributed by atoms with van der Waals surface area (Å²) in [6.07, 6.45) is 3.44. The van der Waals surface area contributed by atoms with Crippen LogP contribution >= 0.6 is 0 Å². The summed E-state index contributed by atoms with van der Waals surface area (Å²) in [6, 6.07) is 12.0. The van der Waals surface area contributed by atoms with E-state index in [2.05, 4.69) is 20.1 Å². The minimum Gasteiger partial charge on any atom is -0.454 e. The first kappa shape index (κ1) is 19.4. The molecule has 160 valence electrons. The molecule has 1 aromatic heterocycles. The van der Waals surface area contributed by atoms with Gasteiger partial charge in [0.1, 0.15) is 5.82 Å². The zero-order valence-corrected chi connectivity index (χ0v) is 16.8. The molecule has 9 heteroatoms. The van der Waals surface area contributed by atoms with Crippen molar-refractivity contribution in [2.45, 2.75) is 0 Å². The molecule has 0 radical (unpaired) electrons. The molecule has 1 saturated heterocycles. The smallest absolute Gasteiger partial charge is 0.238 e. The number of piperazine rings is 1. The van der Waals surface area contributed by atoms with E-state index in [4.69, 9.17) is 9.47 Å². The fourth-order valence-electron chi connectivity index (χ4n) is 3.85. The first-order valence-electron chi connectivity index (χ1n) is 10.1. The Hall–Kier alpha value is -3.59. The first-order valence-corrected chi connectivity index (χ1v) is 10.1. The molecule has 2 aliphatic heterocycles. The van der Waals surface area contributed by atoms with Gasteiger partial charge in [-0.05, 0) is 24.3 Å². The number of ether oxygens (including phenoxy) is 2. The Kier molecular flexibility index (Phi) is 5.17. The van der Waals surface area contributed by atoms with Crippen LogP contribution in [0.15, 0.2) is 54.9 Å². The Morgan fingerprint density at radius 1 is 1.06 bits per heavy atom. The van der Waals surface area contributed by atoms with Crippen molar-refractivity contribution in [3.8, 4) is 17.2 Å². The number of hydrogen-bond acceptors (Lipinski definition) is 6. The van der Waals surface area contributed by atoms with Gasteiger partial charge in [0.05, 0.1) is 12.2 Å². The van der Waals surface area contributed by atoms with Crippen LogP contribution in [0.2, 0.25) is 0 Å². The topological polar surface area (TPSA) is 71.9 Å². The number of anilines is 2. The van der Waals surface area contributed by atoms with Crippen LogP contribution in [0.1, 0.15) is 0 Å². The quantitative estimate of drug-likeness (QED) is 0.680. The summed E-state index contributed by atoms with van der Waals surface area (Å²) in [4.78, 5) is 21.1. The van der Waals surface area contributed by atoms with E-state index in [-0.39, 0.29) is 18.5 Å². The average Bonchev–Trinajstić information content (AvgIpc) is 3.44. The van der Waals surface area contributed by atoms with Crippen LogP contribution in [-0.4, -0.2) is 59.9 Å². The number of halogens is 1. The highest BCUT2D eigenvalue weighted by atomic mass is 19.1. The summed E-state index contributed by atoms with van der Waals surface area (Å²) < 4.78 is 26.6. The van der Waals surface area contributed by atoms with Crippen LogP contribution in [0.4, 0.5) is 16.0 Å². The largest absolute Gasteiger partial charge is 0.454 e. The van der Waals surface area contributed by atoms with Crippen molar-refractivity contribution in [3.05, 3.63) is 60.7 Å². The molecular formula is C22H22FN5O3. The van der Waals surface area contributed by atoms with Gasteiger partial charge in [-0.1, -0.05) is 12.1 Å². The fraction of sp³-hybridized carbons (Fsp3) is 0.273. The molecule has 0 atom stereocenters. The number of nitrogens with one attached hydrogen (secondary N) is 1. The molecule has 1 N–H and O–H groups in total. The van der Waals surface area contributed by atoms with Gasteiger partial charge in [-0.2, -0.15) is 0 Å². The predicted molar refractivity (Wildman–Crippen MR) is 113 cm³/mol. The summed E-state index contributed by atoms with van der Waals surface area (Å²) >= 11 is 0. The molecular weight excluding hydrogens is 401 g/mol. The number of aromatic nitrogens is 2. The summed E-state index contributed by atoms with van der Waals surface area (Å²) in [5.41, 5.74) is 1.15. The Morgan fingerprint density at radius 2 is 1.87 bits per heavy atom. The van der Waals surface area contributed by atoms with E-state index < -0.39 is 0 Å². The number of carbonyl (C=O) groups excluding carboxylic acids is 1. The standard InChI is InChI=1S/C22H22FN5O3/c23-17-3-1-2-4-18(17)28-8-7-24-22(28)27-11-9-26(10-12-27)14-21(29)25-16-5-6-19-20(13-16)31-15-30-19/h1-8,13H,9-12,14-15H2,(H,25,29). The van der Waals surface area contributed by atoms with Crippen molar-refractivity contribution in [3.63, 3.8) is 0 Å². The van der Waals surface area contributed by atoms with E-state index in [1.807, 2.05) is 0 Å². The monoisotopic (exact) mass is 423 g/mol. The molecule has 0 saturated carbocycles. The lowest BCUT2D eigenvalue weighted by atomic mass is 10.2. The van der Waals surface area contributed by atoms with E-state index in [1.54, 1.807) is 53.4 Å². The Bertz CT molecular complexity index is 1090. The second-order valence-corrected chi connectivity index (χ2v) is 7.43. The van der Waals surface area contributed by atoms with E-state index in [1.165, 1.54) is 6.07 Å². The number of hydrogen-bond donors (Lipinski definition) is 1. The van der Waals surface area contributed by atoms with Crippen molar-refractivity contribution in [1.29, 1.82) is 0 Å². The minimum atomic E-state index is -0.291. The lowest BCUT2D eigenvalue weighted by Crippen LogP contribution is -2.49. The second kappa shape index (κ2) is 8.27. The number of carbonyl (C=O) groups is 1. The number of para-hydroxylation sites is 1. The number of benzene rings is 2. The van der Waals surface area contributed by atoms with E-state index in [9.17, 15) is 9.18 Å². The number of fused-ring (bicyclic) bond motifs is 1. The third-order valence-corrected chi connectivity index (χ3v) is 5.41. The summed E-state index contributed by atoms with van der Waals surface area (Å²) in [7, 11) is 0. The zero-order chi connectivity index (χ0) is 21.2. The lowest BCUT2D eigenvalue weighted by molar-refractivity contribution is -0.117. The first-order chi connectivity index (χ1) is 15.2. The van der Waals surface area contributed by atoms with Crippen LogP contribution in [0.25, 0.3) is 5.69 Å². The Labute approximate surface area is 178 Å². The van der Waals surface area contributed by atoms with Crippen molar-refractivity contribution >= 4 is 17.5 Å². The van der Waals surface area contributed by atoms with Gasteiger partial charge in [-0.15, -0.1) is 0 Å². The van der Waals surface area contributed by atoms with Gasteiger partial charge in [0.25, 0.3) is 0 Å². The Balaban J connectivity index is 1.18. The molecule has 3 heterocycles. The second-order valence-electron chi connectivity index (χ2n) is 7.43. The van der Waals surface area contributed by atoms with Crippen LogP contribution in [0.5, 0.6) is 11.5 Å². The van der Waals surface area contributed by atoms with Crippen molar-refractivity contribution < 1.29 is 18.7 Å².